The van der Waals surface area contributed by atoms with E-state index in [4.69, 9.17) is 4.74 Å². The Balaban J connectivity index is 0.000000324. The Morgan fingerprint density at radius 1 is 1.12 bits per heavy atom. The highest BCUT2D eigenvalue weighted by Crippen LogP contribution is 2.24. The smallest absolute Gasteiger partial charge is 0.227 e. The highest BCUT2D eigenvalue weighted by Gasteiger charge is 2.31. The lowest BCUT2D eigenvalue weighted by molar-refractivity contribution is -0.148. The van der Waals surface area contributed by atoms with Gasteiger partial charge in [0.25, 0.3) is 0 Å². The monoisotopic (exact) mass is 580 g/mol. The van der Waals surface area contributed by atoms with Crippen LogP contribution in [-0.2, 0) is 27.8 Å². The van der Waals surface area contributed by atoms with Gasteiger partial charge in [0.05, 0.1) is 29.8 Å². The van der Waals surface area contributed by atoms with Crippen LogP contribution in [0, 0.1) is 6.92 Å². The van der Waals surface area contributed by atoms with Gasteiger partial charge in [0, 0.05) is 44.5 Å². The van der Waals surface area contributed by atoms with Gasteiger partial charge in [-0.1, -0.05) is 48.5 Å². The van der Waals surface area contributed by atoms with Crippen molar-refractivity contribution in [3.63, 3.8) is 0 Å². The van der Waals surface area contributed by atoms with Crippen molar-refractivity contribution in [2.45, 2.75) is 52.7 Å². The molecule has 1 fully saturated rings. The highest BCUT2D eigenvalue weighted by molar-refractivity contribution is 5.91. The average Bonchev–Trinajstić information content (AvgIpc) is 3.37. The molecule has 0 saturated carbocycles. The van der Waals surface area contributed by atoms with Crippen LogP contribution in [0.1, 0.15) is 43.9 Å². The zero-order valence-corrected chi connectivity index (χ0v) is 25.5. The summed E-state index contributed by atoms with van der Waals surface area (Å²) in [6.45, 7) is 9.08. The van der Waals surface area contributed by atoms with Gasteiger partial charge < -0.3 is 15.0 Å². The number of ketones is 1. The van der Waals surface area contributed by atoms with E-state index >= 15 is 0 Å². The number of anilines is 2. The predicted octanol–water partition coefficient (Wildman–Crippen LogP) is 5.79. The van der Waals surface area contributed by atoms with Crippen molar-refractivity contribution in [2.24, 2.45) is 7.05 Å². The maximum absolute atomic E-state index is 12.5. The number of rotatable bonds is 10. The molecule has 0 radical (unpaired) electrons. The molecule has 1 saturated heterocycles. The molecule has 1 amide bonds. The third kappa shape index (κ3) is 9.72. The average molecular weight is 581 g/mol. The Morgan fingerprint density at radius 3 is 2.53 bits per heavy atom. The van der Waals surface area contributed by atoms with Crippen LogP contribution in [0.3, 0.4) is 0 Å². The summed E-state index contributed by atoms with van der Waals surface area (Å²) in [6, 6.07) is 17.9. The number of hydrogen-bond donors (Lipinski definition) is 1. The number of nitrogens with one attached hydrogen (secondary N) is 1. The first-order valence-corrected chi connectivity index (χ1v) is 14.5. The normalized spacial score (nSPS) is 13.0. The lowest BCUT2D eigenvalue weighted by Gasteiger charge is -2.40. The molecule has 9 heteroatoms. The van der Waals surface area contributed by atoms with Crippen LogP contribution >= 0.6 is 0 Å². The molecule has 5 rings (SSSR count). The van der Waals surface area contributed by atoms with Crippen molar-refractivity contribution in [3.05, 3.63) is 96.0 Å². The molecule has 0 atom stereocenters. The summed E-state index contributed by atoms with van der Waals surface area (Å²) in [7, 11) is 1.86. The number of benzene rings is 2. The van der Waals surface area contributed by atoms with Gasteiger partial charge in [0.15, 0.2) is 5.78 Å². The molecule has 9 nitrogen and oxygen atoms in total. The summed E-state index contributed by atoms with van der Waals surface area (Å²) < 4.78 is 7.45. The Kier molecular flexibility index (Phi) is 10.9. The fourth-order valence-electron chi connectivity index (χ4n) is 4.62. The fourth-order valence-corrected chi connectivity index (χ4v) is 4.62. The molecule has 3 heterocycles. The van der Waals surface area contributed by atoms with Gasteiger partial charge in [-0.3, -0.25) is 14.3 Å². The zero-order valence-electron chi connectivity index (χ0n) is 25.5. The number of carbonyl (C=O) groups is 2. The number of hydrogen-bond acceptors (Lipinski definition) is 7. The van der Waals surface area contributed by atoms with Crippen LogP contribution in [-0.4, -0.2) is 61.6 Å². The van der Waals surface area contributed by atoms with Crippen LogP contribution in [0.4, 0.5) is 11.6 Å². The van der Waals surface area contributed by atoms with Crippen molar-refractivity contribution in [3.8, 4) is 11.3 Å². The maximum Gasteiger partial charge on any atom is 0.227 e. The molecule has 224 valence electrons. The predicted molar refractivity (Wildman–Crippen MR) is 170 cm³/mol. The van der Waals surface area contributed by atoms with Gasteiger partial charge in [-0.15, -0.1) is 0 Å². The second-order valence-electron chi connectivity index (χ2n) is 10.9. The van der Waals surface area contributed by atoms with Crippen molar-refractivity contribution in [1.29, 1.82) is 0 Å². The standard InChI is InChI=1S/C24H30N6O2.C10H10O/c1-16(2)32-21-14-30(15-21)23(31)8-7-18-5-6-19(11-17(18)3)22-9-10-25-24(28-22)27-20-12-26-29(4)13-20;1-9(11)7-8-10-5-3-2-4-6-10/h5-6,9-13,16,21H,7-8,14-15H2,1-4H3,(H,25,27,28);2-8H,1H3/b;8-7+. The third-order valence-corrected chi connectivity index (χ3v) is 6.84. The van der Waals surface area contributed by atoms with Crippen molar-refractivity contribution in [2.75, 3.05) is 18.4 Å². The molecule has 2 aromatic carbocycles. The first-order chi connectivity index (χ1) is 20.7. The first kappa shape index (κ1) is 31.3. The largest absolute Gasteiger partial charge is 0.372 e. The number of nitrogens with zero attached hydrogens (tertiary/aromatic N) is 5. The van der Waals surface area contributed by atoms with Crippen LogP contribution < -0.4 is 5.32 Å². The van der Waals surface area contributed by atoms with Crippen LogP contribution in [0.25, 0.3) is 17.3 Å². The van der Waals surface area contributed by atoms with Gasteiger partial charge in [-0.2, -0.15) is 5.10 Å². The van der Waals surface area contributed by atoms with E-state index in [2.05, 4.69) is 45.5 Å². The Hall–Kier alpha value is -4.63. The van der Waals surface area contributed by atoms with E-state index in [9.17, 15) is 9.59 Å². The van der Waals surface area contributed by atoms with Gasteiger partial charge >= 0.3 is 0 Å². The van der Waals surface area contributed by atoms with E-state index in [-0.39, 0.29) is 23.9 Å². The molecule has 0 bridgehead atoms. The Bertz CT molecular complexity index is 1540. The topological polar surface area (TPSA) is 102 Å². The lowest BCUT2D eigenvalue weighted by atomic mass is 9.99. The summed E-state index contributed by atoms with van der Waals surface area (Å²) in [5.74, 6) is 0.796. The highest BCUT2D eigenvalue weighted by atomic mass is 16.5. The molecular weight excluding hydrogens is 540 g/mol. The minimum absolute atomic E-state index is 0.0776. The lowest BCUT2D eigenvalue weighted by Crippen LogP contribution is -2.55. The number of ether oxygens (including phenoxy) is 1. The van der Waals surface area contributed by atoms with E-state index in [1.165, 1.54) is 5.56 Å². The molecule has 1 aliphatic heterocycles. The SMILES string of the molecule is CC(=O)/C=C/c1ccccc1.Cc1cc(-c2ccnc(Nc3cnn(C)c3)n2)ccc1CCC(=O)N1CC(OC(C)C)C1. The zero-order chi connectivity index (χ0) is 30.8. The second kappa shape index (κ2) is 15.0. The number of aromatic nitrogens is 4. The number of carbonyl (C=O) groups excluding carboxylic acids is 2. The van der Waals surface area contributed by atoms with E-state index in [0.717, 1.165) is 34.5 Å². The Morgan fingerprint density at radius 2 is 1.88 bits per heavy atom. The molecule has 4 aromatic rings. The van der Waals surface area contributed by atoms with E-state index < -0.39 is 0 Å². The second-order valence-corrected chi connectivity index (χ2v) is 10.9. The minimum Gasteiger partial charge on any atom is -0.372 e. The summed E-state index contributed by atoms with van der Waals surface area (Å²) in [5.41, 5.74) is 6.09. The third-order valence-electron chi connectivity index (χ3n) is 6.84. The molecule has 0 unspecified atom stereocenters. The molecule has 1 N–H and O–H groups in total. The van der Waals surface area contributed by atoms with Crippen LogP contribution in [0.15, 0.2) is 79.3 Å². The molecule has 43 heavy (non-hydrogen) atoms. The molecule has 0 spiro atoms. The molecule has 2 aromatic heterocycles. The molecule has 1 aliphatic rings. The van der Waals surface area contributed by atoms with Gasteiger partial charge in [0.1, 0.15) is 0 Å². The van der Waals surface area contributed by atoms with E-state index in [0.29, 0.717) is 25.5 Å². The fraction of sp³-hybridized carbons (Fsp3) is 0.324. The van der Waals surface area contributed by atoms with Crippen LogP contribution in [0.2, 0.25) is 0 Å². The number of amides is 1. The summed E-state index contributed by atoms with van der Waals surface area (Å²) in [5, 5.41) is 7.32. The van der Waals surface area contributed by atoms with Crippen LogP contribution in [0.5, 0.6) is 0 Å². The minimum atomic E-state index is 0.0776. The Labute approximate surface area is 253 Å². The maximum atomic E-state index is 12.5. The molecule has 0 aliphatic carbocycles. The van der Waals surface area contributed by atoms with Gasteiger partial charge in [0.2, 0.25) is 11.9 Å². The number of aryl methyl sites for hydroxylation is 3. The van der Waals surface area contributed by atoms with E-state index in [1.54, 1.807) is 30.1 Å². The number of allylic oxidation sites excluding steroid dienone is 1. The van der Waals surface area contributed by atoms with E-state index in [1.807, 2.05) is 74.5 Å². The van der Waals surface area contributed by atoms with Crippen molar-refractivity contribution in [1.82, 2.24) is 24.6 Å². The van der Waals surface area contributed by atoms with Crippen molar-refractivity contribution >= 4 is 29.4 Å². The first-order valence-electron chi connectivity index (χ1n) is 14.5. The summed E-state index contributed by atoms with van der Waals surface area (Å²) in [6.07, 6.45) is 10.3. The molecular formula is C34H40N6O3. The number of likely N-dealkylation sites (tertiary alicyclic amines) is 1. The summed E-state index contributed by atoms with van der Waals surface area (Å²) in [4.78, 5) is 33.8. The van der Waals surface area contributed by atoms with Gasteiger partial charge in [-0.25, -0.2) is 9.97 Å². The summed E-state index contributed by atoms with van der Waals surface area (Å²) >= 11 is 0. The van der Waals surface area contributed by atoms with Gasteiger partial charge in [-0.05, 0) is 69.0 Å². The van der Waals surface area contributed by atoms with Crippen molar-refractivity contribution < 1.29 is 14.3 Å². The quantitative estimate of drug-likeness (QED) is 0.237.